The number of rotatable bonds is 6. The number of nitrogens with zero attached hydrogens (tertiary/aromatic N) is 5. The molecule has 1 aromatic heterocycles. The summed E-state index contributed by atoms with van der Waals surface area (Å²) in [6.45, 7) is 8.81. The molecule has 0 unspecified atom stereocenters. The van der Waals surface area contributed by atoms with Gasteiger partial charge >= 0.3 is 0 Å². The summed E-state index contributed by atoms with van der Waals surface area (Å²) in [7, 11) is 3.68. The van der Waals surface area contributed by atoms with Gasteiger partial charge in [0.15, 0.2) is 0 Å². The van der Waals surface area contributed by atoms with Crippen LogP contribution in [0.15, 0.2) is 6.20 Å². The minimum atomic E-state index is -0.711. The van der Waals surface area contributed by atoms with Crippen LogP contribution in [0.25, 0.3) is 0 Å². The predicted octanol–water partition coefficient (Wildman–Crippen LogP) is -0.243. The molecule has 3 N–H and O–H groups in total. The number of likely N-dealkylation sites (tertiary alicyclic amines) is 2. The van der Waals surface area contributed by atoms with E-state index in [0.29, 0.717) is 12.6 Å². The summed E-state index contributed by atoms with van der Waals surface area (Å²) in [4.78, 5) is 29.6. The van der Waals surface area contributed by atoms with Gasteiger partial charge in [0.1, 0.15) is 12.1 Å². The molecule has 0 bridgehead atoms. The third-order valence-electron chi connectivity index (χ3n) is 6.28. The highest BCUT2D eigenvalue weighted by molar-refractivity contribution is 5.90. The summed E-state index contributed by atoms with van der Waals surface area (Å²) in [6, 6.07) is -0.846. The van der Waals surface area contributed by atoms with E-state index >= 15 is 0 Å². The van der Waals surface area contributed by atoms with Crippen molar-refractivity contribution in [3.8, 4) is 0 Å². The van der Waals surface area contributed by atoms with Crippen LogP contribution < -0.4 is 10.6 Å². The molecule has 31 heavy (non-hydrogen) atoms. The molecule has 2 aliphatic rings. The predicted molar refractivity (Wildman–Crippen MR) is 116 cm³/mol. The summed E-state index contributed by atoms with van der Waals surface area (Å²) in [5.74, 6) is -0.489. The Kier molecular flexibility index (Phi) is 7.33. The normalized spacial score (nSPS) is 24.4. The molecule has 2 amide bonds. The first-order valence-corrected chi connectivity index (χ1v) is 11.1. The second-order valence-electron chi connectivity index (χ2n) is 9.93. The fourth-order valence-electron chi connectivity index (χ4n) is 4.49. The lowest BCUT2D eigenvalue weighted by Crippen LogP contribution is -2.49. The molecule has 0 aliphatic carbocycles. The quantitative estimate of drug-likeness (QED) is 0.565. The molecule has 0 saturated carbocycles. The number of amides is 2. The first kappa shape index (κ1) is 23.6. The maximum Gasteiger partial charge on any atom is 0.248 e. The van der Waals surface area contributed by atoms with Crippen molar-refractivity contribution in [1.29, 1.82) is 0 Å². The van der Waals surface area contributed by atoms with Gasteiger partial charge in [-0.15, -0.1) is 5.10 Å². The Labute approximate surface area is 184 Å². The topological polar surface area (TPSA) is 116 Å². The summed E-state index contributed by atoms with van der Waals surface area (Å²) >= 11 is 0. The molecule has 0 aromatic carbocycles. The van der Waals surface area contributed by atoms with Gasteiger partial charge in [-0.05, 0) is 38.4 Å². The fourth-order valence-corrected chi connectivity index (χ4v) is 4.49. The van der Waals surface area contributed by atoms with Crippen LogP contribution in [0.1, 0.15) is 51.8 Å². The van der Waals surface area contributed by atoms with Gasteiger partial charge in [0.25, 0.3) is 0 Å². The molecule has 2 fully saturated rings. The number of β-amino-alcohol motifs (C(OH)–C–C–N with tert-alkyl or cyclic N) is 1. The molecule has 10 heteroatoms. The van der Waals surface area contributed by atoms with E-state index in [-0.39, 0.29) is 24.8 Å². The molecule has 3 atom stereocenters. The molecular formula is C21H37N7O3. The van der Waals surface area contributed by atoms with Gasteiger partial charge in [-0.3, -0.25) is 9.59 Å². The van der Waals surface area contributed by atoms with Gasteiger partial charge in [0, 0.05) is 32.6 Å². The van der Waals surface area contributed by atoms with Crippen molar-refractivity contribution in [3.63, 3.8) is 0 Å². The zero-order chi connectivity index (χ0) is 22.8. The average Bonchev–Trinajstić information content (AvgIpc) is 3.32. The second kappa shape index (κ2) is 9.62. The monoisotopic (exact) mass is 435 g/mol. The molecule has 3 heterocycles. The zero-order valence-corrected chi connectivity index (χ0v) is 19.3. The molecule has 3 rings (SSSR count). The summed E-state index contributed by atoms with van der Waals surface area (Å²) in [6.07, 6.45) is 3.55. The van der Waals surface area contributed by atoms with E-state index in [9.17, 15) is 14.7 Å². The van der Waals surface area contributed by atoms with E-state index in [4.69, 9.17) is 0 Å². The highest BCUT2D eigenvalue weighted by Crippen LogP contribution is 2.34. The lowest BCUT2D eigenvalue weighted by atomic mass is 9.85. The third kappa shape index (κ3) is 5.61. The van der Waals surface area contributed by atoms with Crippen molar-refractivity contribution in [2.45, 2.75) is 70.8 Å². The Bertz CT molecular complexity index is 767. The van der Waals surface area contributed by atoms with Crippen LogP contribution in [0.5, 0.6) is 0 Å². The van der Waals surface area contributed by atoms with Crippen molar-refractivity contribution < 1.29 is 14.7 Å². The van der Waals surface area contributed by atoms with Crippen molar-refractivity contribution >= 4 is 11.8 Å². The lowest BCUT2D eigenvalue weighted by molar-refractivity contribution is -0.144. The van der Waals surface area contributed by atoms with Crippen molar-refractivity contribution in [2.24, 2.45) is 5.41 Å². The number of carbonyl (C=O) groups excluding carboxylic acids is 2. The standard InChI is InChI=1S/C21H37N7O3/c1-21(2,3)18(20(31)27-13-16(29)10-17(27)19(30)22-4)28-12-15(24-25-28)11-23-14-6-8-26(5)9-7-14/h12,14,16-18,23,29H,6-11,13H2,1-5H3,(H,22,30)/t16-,17+,18-/m1/s1. The average molecular weight is 436 g/mol. The minimum Gasteiger partial charge on any atom is -0.391 e. The summed E-state index contributed by atoms with van der Waals surface area (Å²) in [5.41, 5.74) is 0.329. The fraction of sp³-hybridized carbons (Fsp3) is 0.810. The van der Waals surface area contributed by atoms with Gasteiger partial charge in [0.2, 0.25) is 11.8 Å². The molecule has 10 nitrogen and oxygen atoms in total. The van der Waals surface area contributed by atoms with E-state index < -0.39 is 23.6 Å². The van der Waals surface area contributed by atoms with Crippen LogP contribution >= 0.6 is 0 Å². The number of hydrogen-bond acceptors (Lipinski definition) is 7. The summed E-state index contributed by atoms with van der Waals surface area (Å²) < 4.78 is 1.61. The molecule has 2 aliphatic heterocycles. The zero-order valence-electron chi connectivity index (χ0n) is 19.3. The summed E-state index contributed by atoms with van der Waals surface area (Å²) in [5, 5.41) is 24.8. The number of aliphatic hydroxyl groups is 1. The Morgan fingerprint density at radius 1 is 1.29 bits per heavy atom. The molecule has 1 aromatic rings. The SMILES string of the molecule is CNC(=O)[C@@H]1C[C@@H](O)CN1C(=O)[C@@H](n1cc(CNC2CCN(C)CC2)nn1)C(C)(C)C. The van der Waals surface area contributed by atoms with Gasteiger partial charge in [-0.25, -0.2) is 4.68 Å². The number of piperidine rings is 1. The van der Waals surface area contributed by atoms with Crippen molar-refractivity contribution in [2.75, 3.05) is 33.7 Å². The number of carbonyl (C=O) groups is 2. The third-order valence-corrected chi connectivity index (χ3v) is 6.28. The first-order chi connectivity index (χ1) is 14.6. The highest BCUT2D eigenvalue weighted by atomic mass is 16.3. The van der Waals surface area contributed by atoms with Crippen LogP contribution in [-0.4, -0.2) is 93.6 Å². The van der Waals surface area contributed by atoms with Crippen molar-refractivity contribution in [1.82, 2.24) is 35.4 Å². The van der Waals surface area contributed by atoms with Crippen LogP contribution in [0.3, 0.4) is 0 Å². The maximum atomic E-state index is 13.5. The Morgan fingerprint density at radius 2 is 1.97 bits per heavy atom. The number of likely N-dealkylation sites (N-methyl/N-ethyl adjacent to an activating group) is 1. The van der Waals surface area contributed by atoms with Crippen molar-refractivity contribution in [3.05, 3.63) is 11.9 Å². The van der Waals surface area contributed by atoms with Gasteiger partial charge in [0.05, 0.1) is 18.0 Å². The van der Waals surface area contributed by atoms with Crippen LogP contribution in [0.2, 0.25) is 0 Å². The first-order valence-electron chi connectivity index (χ1n) is 11.1. The van der Waals surface area contributed by atoms with Gasteiger partial charge in [-0.1, -0.05) is 26.0 Å². The van der Waals surface area contributed by atoms with E-state index in [0.717, 1.165) is 31.6 Å². The molecule has 174 valence electrons. The molecular weight excluding hydrogens is 398 g/mol. The Morgan fingerprint density at radius 3 is 2.58 bits per heavy atom. The van der Waals surface area contributed by atoms with E-state index in [1.807, 2.05) is 27.0 Å². The Hall–Kier alpha value is -2.04. The number of hydrogen-bond donors (Lipinski definition) is 3. The van der Waals surface area contributed by atoms with Crippen LogP contribution in [0, 0.1) is 5.41 Å². The number of aliphatic hydroxyl groups excluding tert-OH is 1. The van der Waals surface area contributed by atoms with E-state index in [1.54, 1.807) is 4.68 Å². The second-order valence-corrected chi connectivity index (χ2v) is 9.93. The molecule has 0 spiro atoms. The Balaban J connectivity index is 1.73. The van der Waals surface area contributed by atoms with Gasteiger partial charge in [-0.2, -0.15) is 0 Å². The minimum absolute atomic E-state index is 0.142. The van der Waals surface area contributed by atoms with Gasteiger partial charge < -0.3 is 25.5 Å². The molecule has 0 radical (unpaired) electrons. The van der Waals surface area contributed by atoms with Crippen LogP contribution in [0.4, 0.5) is 0 Å². The van der Waals surface area contributed by atoms with Crippen LogP contribution in [-0.2, 0) is 16.1 Å². The highest BCUT2D eigenvalue weighted by Gasteiger charge is 2.45. The maximum absolute atomic E-state index is 13.5. The number of nitrogens with one attached hydrogen (secondary N) is 2. The van der Waals surface area contributed by atoms with E-state index in [2.05, 4.69) is 32.9 Å². The van der Waals surface area contributed by atoms with E-state index in [1.165, 1.54) is 11.9 Å². The molecule has 2 saturated heterocycles. The smallest absolute Gasteiger partial charge is 0.248 e. The number of aromatic nitrogens is 3. The lowest BCUT2D eigenvalue weighted by Gasteiger charge is -2.34. The largest absolute Gasteiger partial charge is 0.391 e.